The second-order valence-electron chi connectivity index (χ2n) is 14.9. The Balaban J connectivity index is 0.000000366. The van der Waals surface area contributed by atoms with Gasteiger partial charge in [0.05, 0.1) is 6.54 Å². The van der Waals surface area contributed by atoms with Crippen molar-refractivity contribution < 1.29 is 28.7 Å². The number of rotatable bonds is 8. The minimum absolute atomic E-state index is 0. The Kier molecular flexibility index (Phi) is 17.1. The van der Waals surface area contributed by atoms with Crippen LogP contribution in [0.15, 0.2) is 48.5 Å². The molecule has 5 amide bonds. The summed E-state index contributed by atoms with van der Waals surface area (Å²) >= 11 is 0. The van der Waals surface area contributed by atoms with E-state index in [1.54, 1.807) is 30.6 Å². The standard InChI is InChI=1S/C22H33N3O4.C17H25N3O2.ClH/c1-15(2)18-9-7-17(8-10-18)13-23-20(27)19-14-24(16(3)26)11-12-25(19)21(28)29-22(4,5)6;1-12(2)15-6-4-14(5-7-15)10-19-17(22)16-11-20(13(3)21)9-8-18-16;/h7-10,15,19H,11-14H2,1-6H3,(H,23,27);4-7,12,16,18H,8-11H2,1-3H3,(H,19,22);1H/t19-;16-;/m11./s1. The van der Waals surface area contributed by atoms with E-state index in [4.69, 9.17) is 4.74 Å². The van der Waals surface area contributed by atoms with Crippen LogP contribution < -0.4 is 16.0 Å². The van der Waals surface area contributed by atoms with Crippen LogP contribution in [0.4, 0.5) is 4.79 Å². The molecule has 13 heteroatoms. The number of nitrogens with one attached hydrogen (secondary N) is 3. The number of halogens is 1. The van der Waals surface area contributed by atoms with E-state index in [0.29, 0.717) is 51.1 Å². The van der Waals surface area contributed by atoms with Crippen molar-refractivity contribution in [1.82, 2.24) is 30.7 Å². The van der Waals surface area contributed by atoms with Gasteiger partial charge < -0.3 is 30.5 Å². The first kappa shape index (κ1) is 44.0. The highest BCUT2D eigenvalue weighted by molar-refractivity contribution is 5.87. The summed E-state index contributed by atoms with van der Waals surface area (Å²) in [7, 11) is 0. The molecular formula is C39H59ClN6O6. The van der Waals surface area contributed by atoms with Gasteiger partial charge in [-0.05, 0) is 54.9 Å². The van der Waals surface area contributed by atoms with Gasteiger partial charge >= 0.3 is 6.09 Å². The second-order valence-corrected chi connectivity index (χ2v) is 14.9. The molecule has 0 spiro atoms. The molecule has 2 heterocycles. The number of carbonyl (C=O) groups is 5. The van der Waals surface area contributed by atoms with Gasteiger partial charge in [-0.15, -0.1) is 12.4 Å². The molecule has 2 aliphatic rings. The maximum Gasteiger partial charge on any atom is 0.411 e. The van der Waals surface area contributed by atoms with Crippen molar-refractivity contribution in [3.8, 4) is 0 Å². The van der Waals surface area contributed by atoms with E-state index in [2.05, 4.69) is 67.9 Å². The zero-order valence-electron chi connectivity index (χ0n) is 32.3. The average Bonchev–Trinajstić information content (AvgIpc) is 3.09. The maximum atomic E-state index is 12.9. The largest absolute Gasteiger partial charge is 0.444 e. The van der Waals surface area contributed by atoms with Gasteiger partial charge in [-0.2, -0.15) is 0 Å². The number of hydrogen-bond donors (Lipinski definition) is 3. The Labute approximate surface area is 315 Å². The number of piperazine rings is 2. The second kappa shape index (κ2) is 20.2. The number of benzene rings is 2. The minimum atomic E-state index is -0.780. The molecule has 0 radical (unpaired) electrons. The van der Waals surface area contributed by atoms with Crippen LogP contribution in [0.3, 0.4) is 0 Å². The maximum absolute atomic E-state index is 12.9. The van der Waals surface area contributed by atoms with Crippen molar-refractivity contribution in [1.29, 1.82) is 0 Å². The molecule has 0 aromatic heterocycles. The van der Waals surface area contributed by atoms with Gasteiger partial charge in [-0.3, -0.25) is 24.1 Å². The smallest absolute Gasteiger partial charge is 0.411 e. The van der Waals surface area contributed by atoms with Crippen molar-refractivity contribution in [3.63, 3.8) is 0 Å². The molecule has 3 N–H and O–H groups in total. The van der Waals surface area contributed by atoms with Gasteiger partial charge in [0, 0.05) is 59.7 Å². The number of ether oxygens (including phenoxy) is 1. The molecule has 0 bridgehead atoms. The van der Waals surface area contributed by atoms with Crippen LogP contribution in [0.25, 0.3) is 0 Å². The number of nitrogens with zero attached hydrogens (tertiary/aromatic N) is 3. The van der Waals surface area contributed by atoms with Gasteiger partial charge in [0.25, 0.3) is 0 Å². The number of amides is 5. The Morgan fingerprint density at radius 3 is 1.63 bits per heavy atom. The fourth-order valence-corrected chi connectivity index (χ4v) is 5.70. The highest BCUT2D eigenvalue weighted by atomic mass is 35.5. The zero-order chi connectivity index (χ0) is 37.9. The van der Waals surface area contributed by atoms with Crippen molar-refractivity contribution in [2.45, 2.75) is 105 Å². The predicted molar refractivity (Wildman–Crippen MR) is 205 cm³/mol. The van der Waals surface area contributed by atoms with Crippen LogP contribution >= 0.6 is 12.4 Å². The first-order valence-corrected chi connectivity index (χ1v) is 17.9. The summed E-state index contributed by atoms with van der Waals surface area (Å²) in [5.41, 5.74) is 3.93. The average molecular weight is 743 g/mol. The van der Waals surface area contributed by atoms with E-state index in [1.165, 1.54) is 29.9 Å². The molecule has 288 valence electrons. The summed E-state index contributed by atoms with van der Waals surface area (Å²) in [6.07, 6.45) is -0.540. The lowest BCUT2D eigenvalue weighted by Gasteiger charge is -2.40. The molecule has 2 fully saturated rings. The molecule has 4 rings (SSSR count). The van der Waals surface area contributed by atoms with Crippen molar-refractivity contribution >= 4 is 42.1 Å². The first-order chi connectivity index (χ1) is 23.9. The third-order valence-electron chi connectivity index (χ3n) is 8.92. The van der Waals surface area contributed by atoms with Crippen LogP contribution in [-0.2, 0) is 37.0 Å². The van der Waals surface area contributed by atoms with E-state index in [1.807, 2.05) is 24.3 Å². The predicted octanol–water partition coefficient (Wildman–Crippen LogP) is 4.56. The van der Waals surface area contributed by atoms with E-state index in [-0.39, 0.29) is 55.2 Å². The lowest BCUT2D eigenvalue weighted by Crippen LogP contribution is -2.61. The molecule has 0 aliphatic carbocycles. The third-order valence-corrected chi connectivity index (χ3v) is 8.92. The van der Waals surface area contributed by atoms with E-state index < -0.39 is 17.7 Å². The fourth-order valence-electron chi connectivity index (χ4n) is 5.70. The number of hydrogen-bond acceptors (Lipinski definition) is 7. The molecule has 2 atom stereocenters. The summed E-state index contributed by atoms with van der Waals surface area (Å²) < 4.78 is 5.46. The van der Waals surface area contributed by atoms with Crippen molar-refractivity contribution in [2.75, 3.05) is 39.3 Å². The third kappa shape index (κ3) is 13.8. The summed E-state index contributed by atoms with van der Waals surface area (Å²) in [6, 6.07) is 15.3. The molecule has 0 unspecified atom stereocenters. The normalized spacial score (nSPS) is 17.4. The molecule has 2 saturated heterocycles. The molecule has 12 nitrogen and oxygen atoms in total. The topological polar surface area (TPSA) is 140 Å². The Bertz CT molecular complexity index is 1490. The van der Waals surface area contributed by atoms with Gasteiger partial charge in [-0.25, -0.2) is 4.79 Å². The molecule has 52 heavy (non-hydrogen) atoms. The lowest BCUT2D eigenvalue weighted by atomic mass is 10.0. The monoisotopic (exact) mass is 742 g/mol. The summed E-state index contributed by atoms with van der Waals surface area (Å²) in [4.78, 5) is 65.6. The molecular weight excluding hydrogens is 684 g/mol. The van der Waals surface area contributed by atoms with Crippen molar-refractivity contribution in [2.24, 2.45) is 0 Å². The van der Waals surface area contributed by atoms with Gasteiger partial charge in [-0.1, -0.05) is 76.2 Å². The van der Waals surface area contributed by atoms with Crippen LogP contribution in [0.5, 0.6) is 0 Å². The van der Waals surface area contributed by atoms with E-state index in [9.17, 15) is 24.0 Å². The quantitative estimate of drug-likeness (QED) is 0.360. The lowest BCUT2D eigenvalue weighted by molar-refractivity contribution is -0.137. The van der Waals surface area contributed by atoms with Gasteiger partial charge in [0.2, 0.25) is 23.6 Å². The van der Waals surface area contributed by atoms with Gasteiger partial charge in [0.15, 0.2) is 0 Å². The molecule has 0 saturated carbocycles. The SMILES string of the molecule is CC(=O)N1CCN(C(=O)OC(C)(C)C)[C@@H](C(=O)NCc2ccc(C(C)C)cc2)C1.CC(=O)N1CCN[C@@H](C(=O)NCc2ccc(C(C)C)cc2)C1.Cl. The molecule has 2 aromatic rings. The molecule has 2 aliphatic heterocycles. The highest BCUT2D eigenvalue weighted by Gasteiger charge is 2.38. The van der Waals surface area contributed by atoms with E-state index in [0.717, 1.165) is 11.1 Å². The Morgan fingerprint density at radius 2 is 1.19 bits per heavy atom. The first-order valence-electron chi connectivity index (χ1n) is 17.9. The van der Waals surface area contributed by atoms with Gasteiger partial charge in [0.1, 0.15) is 17.7 Å². The van der Waals surface area contributed by atoms with E-state index >= 15 is 0 Å². The van der Waals surface area contributed by atoms with Crippen LogP contribution in [0.2, 0.25) is 0 Å². The molecule has 2 aromatic carbocycles. The van der Waals surface area contributed by atoms with Crippen LogP contribution in [0.1, 0.15) is 96.4 Å². The van der Waals surface area contributed by atoms with Crippen LogP contribution in [0, 0.1) is 0 Å². The van der Waals surface area contributed by atoms with Crippen LogP contribution in [-0.4, -0.2) is 101 Å². The summed E-state index contributed by atoms with van der Waals surface area (Å²) in [5, 5.41) is 8.99. The summed E-state index contributed by atoms with van der Waals surface area (Å²) in [5.74, 6) is 0.501. The highest BCUT2D eigenvalue weighted by Crippen LogP contribution is 2.18. The minimum Gasteiger partial charge on any atom is -0.444 e. The summed E-state index contributed by atoms with van der Waals surface area (Å²) in [6.45, 7) is 20.4. The Morgan fingerprint density at radius 1 is 0.731 bits per heavy atom. The Hall–Kier alpha value is -4.16. The number of carbonyl (C=O) groups excluding carboxylic acids is 5. The fraction of sp³-hybridized carbons (Fsp3) is 0.564. The zero-order valence-corrected chi connectivity index (χ0v) is 33.1. The van der Waals surface area contributed by atoms with Crippen molar-refractivity contribution in [3.05, 3.63) is 70.8 Å².